The SMILES string of the molecule is C=CC(=O)OCCCCOC(=O)Oc1ccc(OC(=O)c2ccc3c(c2)C(C)c2cc(OCCOC(=O)C(=C)CC(=O)OC4CCCCC4)ccc2-3)cc1. The summed E-state index contributed by atoms with van der Waals surface area (Å²) in [5.41, 5.74) is 4.43. The molecular formula is C42H44O12. The first kappa shape index (κ1) is 39.3. The van der Waals surface area contributed by atoms with E-state index in [4.69, 9.17) is 33.2 Å². The molecular weight excluding hydrogens is 696 g/mol. The Morgan fingerprint density at radius 3 is 2.06 bits per heavy atom. The molecule has 0 aliphatic heterocycles. The number of fused-ring (bicyclic) bond motifs is 3. The van der Waals surface area contributed by atoms with Crippen LogP contribution in [0.25, 0.3) is 11.1 Å². The van der Waals surface area contributed by atoms with Crippen molar-refractivity contribution in [1.82, 2.24) is 0 Å². The van der Waals surface area contributed by atoms with Gasteiger partial charge in [-0.05, 0) is 109 Å². The Morgan fingerprint density at radius 1 is 0.722 bits per heavy atom. The Hall–Kier alpha value is -5.91. The van der Waals surface area contributed by atoms with Gasteiger partial charge in [0.1, 0.15) is 36.6 Å². The first-order valence-corrected chi connectivity index (χ1v) is 18.0. The molecule has 3 aromatic carbocycles. The molecule has 1 saturated carbocycles. The van der Waals surface area contributed by atoms with Crippen LogP contribution in [0.5, 0.6) is 17.2 Å². The van der Waals surface area contributed by atoms with E-state index in [1.54, 1.807) is 6.07 Å². The quantitative estimate of drug-likeness (QED) is 0.0332. The summed E-state index contributed by atoms with van der Waals surface area (Å²) in [7, 11) is 0. The minimum atomic E-state index is -0.886. The van der Waals surface area contributed by atoms with Crippen LogP contribution in [0.4, 0.5) is 4.79 Å². The minimum Gasteiger partial charge on any atom is -0.490 e. The molecule has 0 N–H and O–H groups in total. The highest BCUT2D eigenvalue weighted by Gasteiger charge is 2.27. The molecule has 0 bridgehead atoms. The molecule has 2 aliphatic carbocycles. The first-order chi connectivity index (χ1) is 26.1. The van der Waals surface area contributed by atoms with Crippen molar-refractivity contribution in [3.8, 4) is 28.4 Å². The van der Waals surface area contributed by atoms with E-state index in [0.717, 1.165) is 60.4 Å². The maximum absolute atomic E-state index is 13.1. The van der Waals surface area contributed by atoms with Crippen molar-refractivity contribution in [2.24, 2.45) is 0 Å². The summed E-state index contributed by atoms with van der Waals surface area (Å²) in [6.45, 7) is 9.43. The van der Waals surface area contributed by atoms with E-state index in [-0.39, 0.29) is 61.9 Å². The van der Waals surface area contributed by atoms with Gasteiger partial charge in [-0.15, -0.1) is 0 Å². The lowest BCUT2D eigenvalue weighted by Gasteiger charge is -2.21. The van der Waals surface area contributed by atoms with Gasteiger partial charge >= 0.3 is 30.0 Å². The van der Waals surface area contributed by atoms with Gasteiger partial charge in [-0.3, -0.25) is 4.79 Å². The topological polar surface area (TPSA) is 150 Å². The molecule has 0 radical (unpaired) electrons. The van der Waals surface area contributed by atoms with E-state index in [1.807, 2.05) is 37.3 Å². The van der Waals surface area contributed by atoms with Crippen molar-refractivity contribution in [2.45, 2.75) is 70.3 Å². The van der Waals surface area contributed by atoms with Crippen molar-refractivity contribution < 1.29 is 57.1 Å². The van der Waals surface area contributed by atoms with E-state index in [2.05, 4.69) is 13.2 Å². The fourth-order valence-corrected chi connectivity index (χ4v) is 6.21. The predicted octanol–water partition coefficient (Wildman–Crippen LogP) is 7.81. The van der Waals surface area contributed by atoms with Crippen molar-refractivity contribution in [1.29, 1.82) is 0 Å². The lowest BCUT2D eigenvalue weighted by Crippen LogP contribution is -2.22. The minimum absolute atomic E-state index is 0.0185. The monoisotopic (exact) mass is 740 g/mol. The highest BCUT2D eigenvalue weighted by molar-refractivity contribution is 5.94. The molecule has 284 valence electrons. The second-order valence-electron chi connectivity index (χ2n) is 12.9. The molecule has 12 nitrogen and oxygen atoms in total. The van der Waals surface area contributed by atoms with Crippen molar-refractivity contribution in [3.05, 3.63) is 102 Å². The van der Waals surface area contributed by atoms with E-state index < -0.39 is 30.0 Å². The Labute approximate surface area is 314 Å². The number of unbranched alkanes of at least 4 members (excludes halogenated alkanes) is 1. The van der Waals surface area contributed by atoms with Gasteiger partial charge < -0.3 is 33.2 Å². The summed E-state index contributed by atoms with van der Waals surface area (Å²) >= 11 is 0. The maximum Gasteiger partial charge on any atom is 0.513 e. The summed E-state index contributed by atoms with van der Waals surface area (Å²) in [6.07, 6.45) is 5.83. The van der Waals surface area contributed by atoms with Crippen molar-refractivity contribution >= 4 is 30.0 Å². The number of benzene rings is 3. The molecule has 5 rings (SSSR count). The average molecular weight is 741 g/mol. The van der Waals surface area contributed by atoms with Gasteiger partial charge in [0.05, 0.1) is 25.2 Å². The molecule has 1 fully saturated rings. The molecule has 12 heteroatoms. The summed E-state index contributed by atoms with van der Waals surface area (Å²) in [4.78, 5) is 60.6. The predicted molar refractivity (Wildman–Crippen MR) is 196 cm³/mol. The zero-order chi connectivity index (χ0) is 38.5. The van der Waals surface area contributed by atoms with Crippen molar-refractivity contribution in [2.75, 3.05) is 26.4 Å². The van der Waals surface area contributed by atoms with Gasteiger partial charge in [0.2, 0.25) is 0 Å². The van der Waals surface area contributed by atoms with E-state index in [0.29, 0.717) is 24.2 Å². The van der Waals surface area contributed by atoms with Gasteiger partial charge in [-0.25, -0.2) is 19.2 Å². The Kier molecular flexibility index (Phi) is 14.0. The lowest BCUT2D eigenvalue weighted by molar-refractivity contribution is -0.151. The maximum atomic E-state index is 13.1. The highest BCUT2D eigenvalue weighted by atomic mass is 16.7. The standard InChI is InChI=1S/C42H44O12/c1-4-38(43)49-20-8-9-21-51-42(47)54-32-15-13-31(14-16-32)53-41(46)29-12-18-34-35-19-17-33(26-37(35)28(3)36(34)25-29)48-22-23-50-40(45)27(2)24-39(44)52-30-10-6-5-7-11-30/h4,12-19,25-26,28,30H,1-2,5-11,20-24H2,3H3. The van der Waals surface area contributed by atoms with E-state index in [1.165, 1.54) is 24.3 Å². The number of rotatable bonds is 17. The molecule has 1 atom stereocenters. The van der Waals surface area contributed by atoms with Crippen LogP contribution in [0.15, 0.2) is 85.5 Å². The Balaban J connectivity index is 1.04. The van der Waals surface area contributed by atoms with Crippen LogP contribution in [-0.4, -0.2) is 62.6 Å². The molecule has 0 saturated heterocycles. The second-order valence-corrected chi connectivity index (χ2v) is 12.9. The summed E-state index contributed by atoms with van der Waals surface area (Å²) < 4.78 is 37.2. The van der Waals surface area contributed by atoms with E-state index in [9.17, 15) is 24.0 Å². The third kappa shape index (κ3) is 11.0. The summed E-state index contributed by atoms with van der Waals surface area (Å²) in [5.74, 6) is -1.14. The zero-order valence-electron chi connectivity index (χ0n) is 30.3. The highest BCUT2D eigenvalue weighted by Crippen LogP contribution is 2.46. The molecule has 2 aliphatic rings. The Bertz CT molecular complexity index is 1860. The number of esters is 4. The molecule has 1 unspecified atom stereocenters. The second kappa shape index (κ2) is 19.2. The lowest BCUT2D eigenvalue weighted by atomic mass is 9.98. The molecule has 0 spiro atoms. The summed E-state index contributed by atoms with van der Waals surface area (Å²) in [5, 5.41) is 0. The van der Waals surface area contributed by atoms with Gasteiger partial charge in [-0.1, -0.05) is 38.6 Å². The van der Waals surface area contributed by atoms with Gasteiger partial charge in [0, 0.05) is 17.6 Å². The van der Waals surface area contributed by atoms with Crippen LogP contribution in [0.1, 0.15) is 85.7 Å². The normalized spacial score (nSPS) is 14.4. The van der Waals surface area contributed by atoms with Crippen LogP contribution in [-0.2, 0) is 33.3 Å². The molecule has 3 aromatic rings. The number of ether oxygens (including phenoxy) is 7. The van der Waals surface area contributed by atoms with Crippen LogP contribution in [0.2, 0.25) is 0 Å². The zero-order valence-corrected chi connectivity index (χ0v) is 30.3. The number of carbonyl (C=O) groups excluding carboxylic acids is 5. The molecule has 0 aromatic heterocycles. The largest absolute Gasteiger partial charge is 0.513 e. The van der Waals surface area contributed by atoms with E-state index >= 15 is 0 Å². The summed E-state index contributed by atoms with van der Waals surface area (Å²) in [6, 6.07) is 17.1. The third-order valence-electron chi connectivity index (χ3n) is 9.02. The smallest absolute Gasteiger partial charge is 0.490 e. The average Bonchev–Trinajstić information content (AvgIpc) is 3.45. The molecule has 0 heterocycles. The van der Waals surface area contributed by atoms with Crippen LogP contribution < -0.4 is 14.2 Å². The van der Waals surface area contributed by atoms with Gasteiger partial charge in [0.25, 0.3) is 0 Å². The number of carbonyl (C=O) groups is 5. The number of hydrogen-bond acceptors (Lipinski definition) is 12. The van der Waals surface area contributed by atoms with Crippen LogP contribution >= 0.6 is 0 Å². The fraction of sp³-hybridized carbons (Fsp3) is 0.357. The van der Waals surface area contributed by atoms with Gasteiger partial charge in [-0.2, -0.15) is 0 Å². The third-order valence-corrected chi connectivity index (χ3v) is 9.02. The van der Waals surface area contributed by atoms with Crippen molar-refractivity contribution in [3.63, 3.8) is 0 Å². The fourth-order valence-electron chi connectivity index (χ4n) is 6.21. The van der Waals surface area contributed by atoms with Crippen LogP contribution in [0.3, 0.4) is 0 Å². The van der Waals surface area contributed by atoms with Gasteiger partial charge in [0.15, 0.2) is 0 Å². The first-order valence-electron chi connectivity index (χ1n) is 18.0. The Morgan fingerprint density at radius 2 is 1.35 bits per heavy atom. The molecule has 54 heavy (non-hydrogen) atoms. The molecule has 0 amide bonds. The number of hydrogen-bond donors (Lipinski definition) is 0. The van der Waals surface area contributed by atoms with Crippen LogP contribution in [0, 0.1) is 0 Å².